The quantitative estimate of drug-likeness (QED) is 0.418. The molecule has 1 aliphatic carbocycles. The van der Waals surface area contributed by atoms with Crippen LogP contribution in [0.4, 0.5) is 4.39 Å². The van der Waals surface area contributed by atoms with Gasteiger partial charge in [-0.2, -0.15) is 0 Å². The van der Waals surface area contributed by atoms with Crippen LogP contribution in [0, 0.1) is 9.39 Å². The summed E-state index contributed by atoms with van der Waals surface area (Å²) in [6.45, 7) is 5.45. The van der Waals surface area contributed by atoms with Gasteiger partial charge in [0.1, 0.15) is 18.0 Å². The maximum Gasteiger partial charge on any atom is 0.326 e. The summed E-state index contributed by atoms with van der Waals surface area (Å²) in [7, 11) is 0. The predicted molar refractivity (Wildman–Crippen MR) is 125 cm³/mol. The number of hydrogen-bond donors (Lipinski definition) is 0. The molecule has 0 spiro atoms. The van der Waals surface area contributed by atoms with Gasteiger partial charge in [-0.25, -0.2) is 4.39 Å². The molecule has 0 radical (unpaired) electrons. The van der Waals surface area contributed by atoms with Gasteiger partial charge in [0.2, 0.25) is 5.91 Å². The molecule has 0 saturated carbocycles. The van der Waals surface area contributed by atoms with Crippen molar-refractivity contribution in [3.05, 3.63) is 68.5 Å². The minimum atomic E-state index is -0.596. The average Bonchev–Trinajstić information content (AvgIpc) is 2.93. The molecular weight excluding hydrogens is 508 g/mol. The molecule has 1 saturated heterocycles. The lowest BCUT2D eigenvalue weighted by atomic mass is 9.64. The van der Waals surface area contributed by atoms with Crippen LogP contribution in [0.5, 0.6) is 0 Å². The Morgan fingerprint density at radius 1 is 1.23 bits per heavy atom. The van der Waals surface area contributed by atoms with Crippen molar-refractivity contribution in [2.45, 2.75) is 63.5 Å². The summed E-state index contributed by atoms with van der Waals surface area (Å²) in [4.78, 5) is 27.5. The largest absolute Gasteiger partial charge is 0.459 e. The van der Waals surface area contributed by atoms with Crippen LogP contribution in [0.15, 0.2) is 42.5 Å². The molecular formula is C25H27FINO3. The number of rotatable bonds is 4. The number of nitrogens with zero attached hydrogens (tertiary/aromatic N) is 1. The summed E-state index contributed by atoms with van der Waals surface area (Å²) in [6.07, 6.45) is 2.62. The molecule has 31 heavy (non-hydrogen) atoms. The molecule has 2 aliphatic rings. The molecule has 2 aromatic rings. The van der Waals surface area contributed by atoms with E-state index in [1.165, 1.54) is 26.8 Å². The normalized spacial score (nSPS) is 22.8. The van der Waals surface area contributed by atoms with E-state index in [1.54, 1.807) is 17.0 Å². The molecule has 6 heteroatoms. The van der Waals surface area contributed by atoms with Crippen LogP contribution >= 0.6 is 22.6 Å². The number of halogens is 2. The summed E-state index contributed by atoms with van der Waals surface area (Å²) in [6, 6.07) is 12.8. The number of aryl methyl sites for hydroxylation is 1. The first-order chi connectivity index (χ1) is 14.6. The molecule has 2 unspecified atom stereocenters. The van der Waals surface area contributed by atoms with E-state index >= 15 is 0 Å². The lowest BCUT2D eigenvalue weighted by Gasteiger charge is -2.43. The maximum absolute atomic E-state index is 13.5. The number of benzene rings is 2. The van der Waals surface area contributed by atoms with Gasteiger partial charge in [0.25, 0.3) is 0 Å². The van der Waals surface area contributed by atoms with Crippen molar-refractivity contribution in [3.8, 4) is 0 Å². The highest BCUT2D eigenvalue weighted by molar-refractivity contribution is 14.1. The standard InChI is InChI=1S/C25H27FINO3/c1-24(2,3)31-23(30)15-28-21-11-6-17-12-19(27)9-10-20(17)25(21,14-22(28)29)13-16-4-7-18(26)8-5-16/h4-5,7-10,12,21H,6,11,13-15H2,1-3H3. The number of carbonyl (C=O) groups excluding carboxylic acids is 2. The molecule has 4 nitrogen and oxygen atoms in total. The van der Waals surface area contributed by atoms with Crippen molar-refractivity contribution in [3.63, 3.8) is 0 Å². The molecule has 0 N–H and O–H groups in total. The van der Waals surface area contributed by atoms with Gasteiger partial charge in [0, 0.05) is 21.4 Å². The molecule has 2 atom stereocenters. The Morgan fingerprint density at radius 3 is 2.61 bits per heavy atom. The second-order valence-electron chi connectivity index (χ2n) is 9.60. The predicted octanol–water partition coefficient (Wildman–Crippen LogP) is 4.80. The number of likely N-dealkylation sites (tertiary alicyclic amines) is 1. The fourth-order valence-electron chi connectivity index (χ4n) is 5.17. The molecule has 1 fully saturated rings. The van der Waals surface area contributed by atoms with Crippen LogP contribution in [0.2, 0.25) is 0 Å². The molecule has 164 valence electrons. The van der Waals surface area contributed by atoms with E-state index in [1.807, 2.05) is 20.8 Å². The van der Waals surface area contributed by atoms with E-state index in [2.05, 4.69) is 40.8 Å². The van der Waals surface area contributed by atoms with Crippen LogP contribution in [0.3, 0.4) is 0 Å². The smallest absolute Gasteiger partial charge is 0.326 e. The number of fused-ring (bicyclic) bond motifs is 3. The summed E-state index contributed by atoms with van der Waals surface area (Å²) in [5.74, 6) is -0.679. The number of amides is 1. The van der Waals surface area contributed by atoms with Gasteiger partial charge in [0.15, 0.2) is 0 Å². The molecule has 2 aromatic carbocycles. The monoisotopic (exact) mass is 535 g/mol. The fraction of sp³-hybridized carbons (Fsp3) is 0.440. The van der Waals surface area contributed by atoms with Crippen molar-refractivity contribution < 1.29 is 18.7 Å². The summed E-state index contributed by atoms with van der Waals surface area (Å²) < 4.78 is 20.2. The molecule has 1 aliphatic heterocycles. The first-order valence-electron chi connectivity index (χ1n) is 10.6. The molecule has 4 rings (SSSR count). The van der Waals surface area contributed by atoms with Crippen molar-refractivity contribution in [1.82, 2.24) is 4.90 Å². The fourth-order valence-corrected chi connectivity index (χ4v) is 5.72. The van der Waals surface area contributed by atoms with Crippen LogP contribution in [-0.2, 0) is 32.6 Å². The Bertz CT molecular complexity index is 1010. The highest BCUT2D eigenvalue weighted by atomic mass is 127. The van der Waals surface area contributed by atoms with E-state index in [9.17, 15) is 14.0 Å². The van der Waals surface area contributed by atoms with E-state index in [-0.39, 0.29) is 30.3 Å². The molecule has 0 bridgehead atoms. The Labute approximate surface area is 196 Å². The van der Waals surface area contributed by atoms with Crippen LogP contribution < -0.4 is 0 Å². The number of hydrogen-bond acceptors (Lipinski definition) is 3. The number of esters is 1. The first-order valence-corrected chi connectivity index (χ1v) is 11.7. The Hall–Kier alpha value is -1.96. The second kappa shape index (κ2) is 8.19. The highest BCUT2D eigenvalue weighted by Crippen LogP contribution is 2.49. The number of ether oxygens (including phenoxy) is 1. The Balaban J connectivity index is 1.72. The topological polar surface area (TPSA) is 46.6 Å². The summed E-state index contributed by atoms with van der Waals surface area (Å²) in [5.41, 5.74) is 2.39. The third-order valence-electron chi connectivity index (χ3n) is 6.24. The van der Waals surface area contributed by atoms with Gasteiger partial charge >= 0.3 is 5.97 Å². The van der Waals surface area contributed by atoms with E-state index in [0.29, 0.717) is 12.8 Å². The van der Waals surface area contributed by atoms with Gasteiger partial charge in [-0.3, -0.25) is 9.59 Å². The van der Waals surface area contributed by atoms with Crippen molar-refractivity contribution in [2.24, 2.45) is 0 Å². The van der Waals surface area contributed by atoms with Crippen LogP contribution in [0.1, 0.15) is 50.3 Å². The zero-order valence-corrected chi connectivity index (χ0v) is 20.2. The van der Waals surface area contributed by atoms with Gasteiger partial charge in [-0.15, -0.1) is 0 Å². The van der Waals surface area contributed by atoms with E-state index in [0.717, 1.165) is 18.4 Å². The van der Waals surface area contributed by atoms with Crippen molar-refractivity contribution in [2.75, 3.05) is 6.54 Å². The molecule has 0 aromatic heterocycles. The van der Waals surface area contributed by atoms with Gasteiger partial charge in [-0.05, 0) is 104 Å². The summed E-state index contributed by atoms with van der Waals surface area (Å²) >= 11 is 2.31. The maximum atomic E-state index is 13.5. The average molecular weight is 535 g/mol. The lowest BCUT2D eigenvalue weighted by molar-refractivity contribution is -0.159. The van der Waals surface area contributed by atoms with Crippen LogP contribution in [-0.4, -0.2) is 35.0 Å². The Kier molecular flexibility index (Phi) is 5.87. The highest BCUT2D eigenvalue weighted by Gasteiger charge is 2.55. The third kappa shape index (κ3) is 4.49. The van der Waals surface area contributed by atoms with Gasteiger partial charge < -0.3 is 9.64 Å². The van der Waals surface area contributed by atoms with Crippen LogP contribution in [0.25, 0.3) is 0 Å². The zero-order valence-electron chi connectivity index (χ0n) is 18.1. The first kappa shape index (κ1) is 22.2. The van der Waals surface area contributed by atoms with E-state index in [4.69, 9.17) is 4.74 Å². The zero-order chi connectivity index (χ0) is 22.4. The minimum Gasteiger partial charge on any atom is -0.459 e. The molecule has 1 amide bonds. The Morgan fingerprint density at radius 2 is 1.94 bits per heavy atom. The van der Waals surface area contributed by atoms with Gasteiger partial charge in [0.05, 0.1) is 0 Å². The van der Waals surface area contributed by atoms with Crippen molar-refractivity contribution in [1.29, 1.82) is 0 Å². The minimum absolute atomic E-state index is 0.0237. The SMILES string of the molecule is CC(C)(C)OC(=O)CN1C(=O)CC2(Cc3ccc(F)cc3)c3ccc(I)cc3CCC12. The number of carbonyl (C=O) groups is 2. The van der Waals surface area contributed by atoms with Crippen molar-refractivity contribution >= 4 is 34.5 Å². The van der Waals surface area contributed by atoms with E-state index < -0.39 is 11.0 Å². The second-order valence-corrected chi connectivity index (χ2v) is 10.8. The van der Waals surface area contributed by atoms with Gasteiger partial charge in [-0.1, -0.05) is 18.2 Å². The summed E-state index contributed by atoms with van der Waals surface area (Å²) in [5, 5.41) is 0. The molecule has 1 heterocycles. The third-order valence-corrected chi connectivity index (χ3v) is 6.92. The lowest BCUT2D eigenvalue weighted by Crippen LogP contribution is -2.49.